The summed E-state index contributed by atoms with van der Waals surface area (Å²) >= 11 is 5.89. The molecule has 1 aliphatic rings. The highest BCUT2D eigenvalue weighted by Gasteiger charge is 2.52. The van der Waals surface area contributed by atoms with E-state index < -0.39 is 17.9 Å². The second kappa shape index (κ2) is 9.41. The van der Waals surface area contributed by atoms with Crippen LogP contribution >= 0.6 is 11.6 Å². The normalized spacial score (nSPS) is 21.1. The molecule has 0 bridgehead atoms. The van der Waals surface area contributed by atoms with Crippen LogP contribution in [0.1, 0.15) is 34.6 Å². The Morgan fingerprint density at radius 3 is 2.25 bits per heavy atom. The van der Waals surface area contributed by atoms with Crippen molar-refractivity contribution >= 4 is 29.1 Å². The van der Waals surface area contributed by atoms with Gasteiger partial charge in [-0.05, 0) is 45.0 Å². The summed E-state index contributed by atoms with van der Waals surface area (Å²) in [5, 5.41) is 6.22. The number of anilines is 1. The maximum atomic E-state index is 13.0. The van der Waals surface area contributed by atoms with Crippen molar-refractivity contribution in [3.8, 4) is 0 Å². The summed E-state index contributed by atoms with van der Waals surface area (Å²) in [6.07, 6.45) is 0. The van der Waals surface area contributed by atoms with Crippen LogP contribution in [0.3, 0.4) is 0 Å². The summed E-state index contributed by atoms with van der Waals surface area (Å²) in [4.78, 5) is 24.9. The predicted octanol–water partition coefficient (Wildman–Crippen LogP) is 3.45. The molecule has 2 N–H and O–H groups in total. The molecule has 1 aliphatic heterocycles. The van der Waals surface area contributed by atoms with E-state index in [-0.39, 0.29) is 11.8 Å². The highest BCUT2D eigenvalue weighted by atomic mass is 35.5. The van der Waals surface area contributed by atoms with Gasteiger partial charge in [0.25, 0.3) is 5.91 Å². The summed E-state index contributed by atoms with van der Waals surface area (Å²) in [5.74, 6) is -2.20. The van der Waals surface area contributed by atoms with Gasteiger partial charge in [-0.15, -0.1) is 0 Å². The Morgan fingerprint density at radius 2 is 1.75 bits per heavy atom. The quantitative estimate of drug-likeness (QED) is 0.672. The molecule has 28 heavy (non-hydrogen) atoms. The minimum atomic E-state index is -1.38. The second-order valence-corrected chi connectivity index (χ2v) is 6.91. The van der Waals surface area contributed by atoms with E-state index in [1.165, 1.54) is 6.92 Å². The first kappa shape index (κ1) is 22.2. The van der Waals surface area contributed by atoms with Gasteiger partial charge in [0.2, 0.25) is 5.91 Å². The molecule has 7 nitrogen and oxygen atoms in total. The maximum Gasteiger partial charge on any atom is 0.331 e. The Bertz CT molecular complexity index is 741. The molecular formula is C20H27ClN2O5. The molecule has 2 amide bonds. The van der Waals surface area contributed by atoms with E-state index in [1.54, 1.807) is 31.2 Å². The number of ether oxygens (including phenoxy) is 3. The van der Waals surface area contributed by atoms with E-state index in [9.17, 15) is 9.59 Å². The summed E-state index contributed by atoms with van der Waals surface area (Å²) in [5.41, 5.74) is 0.892. The van der Waals surface area contributed by atoms with E-state index in [0.29, 0.717) is 35.3 Å². The van der Waals surface area contributed by atoms with Crippen molar-refractivity contribution in [2.24, 2.45) is 5.92 Å². The van der Waals surface area contributed by atoms with Crippen LogP contribution in [0.25, 0.3) is 0 Å². The van der Waals surface area contributed by atoms with Gasteiger partial charge in [-0.2, -0.15) is 0 Å². The molecule has 0 radical (unpaired) electrons. The van der Waals surface area contributed by atoms with Crippen LogP contribution < -0.4 is 10.6 Å². The van der Waals surface area contributed by atoms with Crippen LogP contribution in [0.15, 0.2) is 35.6 Å². The van der Waals surface area contributed by atoms with E-state index in [1.807, 2.05) is 20.8 Å². The van der Waals surface area contributed by atoms with Crippen LogP contribution in [-0.2, 0) is 23.8 Å². The van der Waals surface area contributed by atoms with Crippen LogP contribution in [0, 0.1) is 5.92 Å². The molecule has 0 aromatic heterocycles. The van der Waals surface area contributed by atoms with Crippen molar-refractivity contribution in [1.29, 1.82) is 0 Å². The minimum Gasteiger partial charge on any atom is -0.443 e. The number of carbonyl (C=O) groups excluding carboxylic acids is 2. The van der Waals surface area contributed by atoms with Gasteiger partial charge in [-0.3, -0.25) is 9.59 Å². The number of allylic oxidation sites excluding steroid dienone is 1. The number of carbonyl (C=O) groups is 2. The van der Waals surface area contributed by atoms with Crippen LogP contribution in [-0.4, -0.2) is 37.0 Å². The number of hydrogen-bond acceptors (Lipinski definition) is 5. The first-order valence-corrected chi connectivity index (χ1v) is 9.63. The Hall–Kier alpha value is -2.09. The molecule has 154 valence electrons. The molecule has 1 heterocycles. The monoisotopic (exact) mass is 410 g/mol. The number of halogens is 1. The van der Waals surface area contributed by atoms with E-state index in [4.69, 9.17) is 25.8 Å². The Kier molecular flexibility index (Phi) is 7.46. The minimum absolute atomic E-state index is 0.273. The van der Waals surface area contributed by atoms with Gasteiger partial charge in [-0.1, -0.05) is 18.5 Å². The van der Waals surface area contributed by atoms with Crippen LogP contribution in [0.4, 0.5) is 5.69 Å². The van der Waals surface area contributed by atoms with Crippen LogP contribution in [0.5, 0.6) is 0 Å². The van der Waals surface area contributed by atoms with Crippen molar-refractivity contribution in [2.75, 3.05) is 18.5 Å². The SMILES string of the molecule is CCOC1(OCC)OC(C)=C(C(=O)Nc2ccc(Cl)cc2)C(NC(C)=O)C1C. The predicted molar refractivity (Wildman–Crippen MR) is 107 cm³/mol. The molecule has 2 unspecified atom stereocenters. The molecule has 1 aromatic carbocycles. The Balaban J connectivity index is 2.41. The first-order chi connectivity index (χ1) is 13.2. The fourth-order valence-electron chi connectivity index (χ4n) is 3.25. The summed E-state index contributed by atoms with van der Waals surface area (Å²) in [7, 11) is 0. The Morgan fingerprint density at radius 1 is 1.18 bits per heavy atom. The molecule has 8 heteroatoms. The van der Waals surface area contributed by atoms with E-state index >= 15 is 0 Å². The van der Waals surface area contributed by atoms with Crippen molar-refractivity contribution in [1.82, 2.24) is 5.32 Å². The second-order valence-electron chi connectivity index (χ2n) is 6.47. The molecule has 0 saturated heterocycles. The van der Waals surface area contributed by atoms with Gasteiger partial charge in [-0.25, -0.2) is 0 Å². The van der Waals surface area contributed by atoms with Crippen LogP contribution in [0.2, 0.25) is 5.02 Å². The third kappa shape index (κ3) is 4.84. The van der Waals surface area contributed by atoms with Crippen molar-refractivity contribution in [3.05, 3.63) is 40.6 Å². The average molecular weight is 411 g/mol. The molecule has 1 aromatic rings. The molecule has 0 spiro atoms. The van der Waals surface area contributed by atoms with E-state index in [2.05, 4.69) is 10.6 Å². The smallest absolute Gasteiger partial charge is 0.331 e. The average Bonchev–Trinajstić information content (AvgIpc) is 2.61. The maximum absolute atomic E-state index is 13.0. The molecular weight excluding hydrogens is 384 g/mol. The standard InChI is InChI=1S/C20H27ClN2O5/c1-6-26-20(27-7-2)12(3)18(22-14(5)24)17(13(4)28-20)19(25)23-16-10-8-15(21)9-11-16/h8-12,18H,6-7H2,1-5H3,(H,22,24)(H,23,25). The molecule has 0 aliphatic carbocycles. The lowest BCUT2D eigenvalue weighted by molar-refractivity contribution is -0.393. The fraction of sp³-hybridized carbons (Fsp3) is 0.500. The largest absolute Gasteiger partial charge is 0.443 e. The molecule has 0 saturated carbocycles. The van der Waals surface area contributed by atoms with Gasteiger partial charge in [0, 0.05) is 17.6 Å². The van der Waals surface area contributed by atoms with Gasteiger partial charge >= 0.3 is 5.97 Å². The topological polar surface area (TPSA) is 85.9 Å². The number of benzene rings is 1. The van der Waals surface area contributed by atoms with Gasteiger partial charge < -0.3 is 24.8 Å². The lowest BCUT2D eigenvalue weighted by Gasteiger charge is -2.45. The third-order valence-corrected chi connectivity index (χ3v) is 4.69. The first-order valence-electron chi connectivity index (χ1n) is 9.25. The summed E-state index contributed by atoms with van der Waals surface area (Å²) < 4.78 is 17.5. The highest BCUT2D eigenvalue weighted by molar-refractivity contribution is 6.30. The van der Waals surface area contributed by atoms with Crippen molar-refractivity contribution in [3.63, 3.8) is 0 Å². The van der Waals surface area contributed by atoms with Gasteiger partial charge in [0.05, 0.1) is 30.7 Å². The highest BCUT2D eigenvalue weighted by Crippen LogP contribution is 2.39. The number of rotatable bonds is 7. The number of nitrogens with one attached hydrogen (secondary N) is 2. The zero-order valence-electron chi connectivity index (χ0n) is 16.8. The van der Waals surface area contributed by atoms with E-state index in [0.717, 1.165) is 0 Å². The number of amides is 2. The summed E-state index contributed by atoms with van der Waals surface area (Å²) in [6, 6.07) is 6.09. The number of hydrogen-bond donors (Lipinski definition) is 2. The molecule has 0 fully saturated rings. The lowest BCUT2D eigenvalue weighted by Crippen LogP contribution is -2.59. The Labute approximate surface area is 170 Å². The van der Waals surface area contributed by atoms with Gasteiger partial charge in [0.1, 0.15) is 5.76 Å². The third-order valence-electron chi connectivity index (χ3n) is 4.44. The van der Waals surface area contributed by atoms with Crippen molar-refractivity contribution in [2.45, 2.75) is 46.6 Å². The fourth-order valence-corrected chi connectivity index (χ4v) is 3.38. The molecule has 2 atom stereocenters. The molecule has 2 rings (SSSR count). The summed E-state index contributed by atoms with van der Waals surface area (Å²) in [6.45, 7) is 9.21. The lowest BCUT2D eigenvalue weighted by atomic mass is 9.88. The zero-order chi connectivity index (χ0) is 20.9. The zero-order valence-corrected chi connectivity index (χ0v) is 17.6. The van der Waals surface area contributed by atoms with Crippen molar-refractivity contribution < 1.29 is 23.8 Å². The van der Waals surface area contributed by atoms with Gasteiger partial charge in [0.15, 0.2) is 0 Å².